The van der Waals surface area contributed by atoms with Gasteiger partial charge >= 0.3 is 6.03 Å². The molecule has 5 nitrogen and oxygen atoms in total. The van der Waals surface area contributed by atoms with Gasteiger partial charge in [-0.3, -0.25) is 0 Å². The standard InChI is InChI=1S/C19H24N4O/c1-2-3-12-20-19(24)23-17-11-7-10-16-15(17)13-21-18(22-16)14-8-5-4-6-9-14/h4-6,8-9,13,17H,2-3,7,10-12H2,1H3,(H2,20,23,24)/t17-/m0/s1. The van der Waals surface area contributed by atoms with Crippen molar-refractivity contribution in [3.05, 3.63) is 47.8 Å². The second-order valence-corrected chi connectivity index (χ2v) is 6.16. The van der Waals surface area contributed by atoms with Crippen LogP contribution in [-0.4, -0.2) is 22.5 Å². The Labute approximate surface area is 142 Å². The van der Waals surface area contributed by atoms with E-state index in [0.29, 0.717) is 6.54 Å². The van der Waals surface area contributed by atoms with Gasteiger partial charge in [0, 0.05) is 29.6 Å². The predicted octanol–water partition coefficient (Wildman–Crippen LogP) is 3.62. The number of nitrogens with zero attached hydrogens (tertiary/aromatic N) is 2. The number of benzene rings is 1. The van der Waals surface area contributed by atoms with Crippen LogP contribution in [0.25, 0.3) is 11.4 Å². The van der Waals surface area contributed by atoms with Gasteiger partial charge in [-0.2, -0.15) is 0 Å². The summed E-state index contributed by atoms with van der Waals surface area (Å²) >= 11 is 0. The number of carbonyl (C=O) groups excluding carboxylic acids is 1. The number of aryl methyl sites for hydroxylation is 1. The van der Waals surface area contributed by atoms with Gasteiger partial charge < -0.3 is 10.6 Å². The van der Waals surface area contributed by atoms with E-state index in [-0.39, 0.29) is 12.1 Å². The van der Waals surface area contributed by atoms with Gasteiger partial charge in [0.1, 0.15) is 0 Å². The van der Waals surface area contributed by atoms with Crippen molar-refractivity contribution in [1.82, 2.24) is 20.6 Å². The molecule has 1 aromatic carbocycles. The lowest BCUT2D eigenvalue weighted by Gasteiger charge is -2.25. The predicted molar refractivity (Wildman–Crippen MR) is 94.6 cm³/mol. The van der Waals surface area contributed by atoms with Crippen LogP contribution in [0.5, 0.6) is 0 Å². The van der Waals surface area contributed by atoms with Crippen LogP contribution in [0.2, 0.25) is 0 Å². The topological polar surface area (TPSA) is 66.9 Å². The monoisotopic (exact) mass is 324 g/mol. The first kappa shape index (κ1) is 16.4. The first-order valence-corrected chi connectivity index (χ1v) is 8.73. The molecule has 0 bridgehead atoms. The Morgan fingerprint density at radius 1 is 1.29 bits per heavy atom. The average molecular weight is 324 g/mol. The summed E-state index contributed by atoms with van der Waals surface area (Å²) in [7, 11) is 0. The number of hydrogen-bond acceptors (Lipinski definition) is 3. The summed E-state index contributed by atoms with van der Waals surface area (Å²) in [6.45, 7) is 2.82. The fourth-order valence-corrected chi connectivity index (χ4v) is 3.01. The molecule has 126 valence electrons. The zero-order valence-corrected chi connectivity index (χ0v) is 14.1. The van der Waals surface area contributed by atoms with E-state index in [4.69, 9.17) is 4.98 Å². The van der Waals surface area contributed by atoms with Gasteiger partial charge in [-0.25, -0.2) is 14.8 Å². The zero-order valence-electron chi connectivity index (χ0n) is 14.1. The molecule has 0 saturated heterocycles. The first-order valence-electron chi connectivity index (χ1n) is 8.73. The van der Waals surface area contributed by atoms with Crippen molar-refractivity contribution in [3.8, 4) is 11.4 Å². The second-order valence-electron chi connectivity index (χ2n) is 6.16. The lowest BCUT2D eigenvalue weighted by Crippen LogP contribution is -2.39. The lowest BCUT2D eigenvalue weighted by atomic mass is 9.92. The number of hydrogen-bond donors (Lipinski definition) is 2. The van der Waals surface area contributed by atoms with Gasteiger partial charge in [-0.15, -0.1) is 0 Å². The molecule has 2 amide bonds. The normalized spacial score (nSPS) is 16.3. The molecule has 1 aromatic heterocycles. The molecule has 0 fully saturated rings. The van der Waals surface area contributed by atoms with E-state index in [1.165, 1.54) is 0 Å². The number of nitrogens with one attached hydrogen (secondary N) is 2. The smallest absolute Gasteiger partial charge is 0.315 e. The highest BCUT2D eigenvalue weighted by molar-refractivity contribution is 5.74. The van der Waals surface area contributed by atoms with Crippen molar-refractivity contribution in [2.24, 2.45) is 0 Å². The van der Waals surface area contributed by atoms with Crippen LogP contribution in [0.15, 0.2) is 36.5 Å². The fourth-order valence-electron chi connectivity index (χ4n) is 3.01. The molecule has 2 N–H and O–H groups in total. The quantitative estimate of drug-likeness (QED) is 0.826. The highest BCUT2D eigenvalue weighted by Gasteiger charge is 2.23. The molecule has 1 atom stereocenters. The lowest BCUT2D eigenvalue weighted by molar-refractivity contribution is 0.235. The number of rotatable bonds is 5. The highest BCUT2D eigenvalue weighted by Crippen LogP contribution is 2.29. The van der Waals surface area contributed by atoms with Crippen LogP contribution in [0.3, 0.4) is 0 Å². The van der Waals surface area contributed by atoms with Crippen LogP contribution in [-0.2, 0) is 6.42 Å². The molecule has 2 aromatic rings. The summed E-state index contributed by atoms with van der Waals surface area (Å²) in [5.74, 6) is 0.752. The van der Waals surface area contributed by atoms with E-state index in [9.17, 15) is 4.79 Å². The van der Waals surface area contributed by atoms with Gasteiger partial charge in [0.25, 0.3) is 0 Å². The Hall–Kier alpha value is -2.43. The Morgan fingerprint density at radius 2 is 2.12 bits per heavy atom. The number of unbranched alkanes of at least 4 members (excludes halogenated alkanes) is 1. The molecule has 0 spiro atoms. The minimum absolute atomic E-state index is 0.000185. The van der Waals surface area contributed by atoms with E-state index in [0.717, 1.165) is 54.7 Å². The molecule has 1 aliphatic rings. The van der Waals surface area contributed by atoms with E-state index in [2.05, 4.69) is 22.5 Å². The third kappa shape index (κ3) is 3.91. The molecular formula is C19H24N4O. The van der Waals surface area contributed by atoms with Gasteiger partial charge in [-0.1, -0.05) is 43.7 Å². The van der Waals surface area contributed by atoms with E-state index in [1.807, 2.05) is 36.5 Å². The molecule has 1 heterocycles. The Balaban J connectivity index is 1.73. The Morgan fingerprint density at radius 3 is 2.92 bits per heavy atom. The molecule has 0 saturated carbocycles. The highest BCUT2D eigenvalue weighted by atomic mass is 16.2. The van der Waals surface area contributed by atoms with Crippen LogP contribution in [0.1, 0.15) is 49.9 Å². The van der Waals surface area contributed by atoms with E-state index < -0.39 is 0 Å². The SMILES string of the molecule is CCCCNC(=O)N[C@H]1CCCc2nc(-c3ccccc3)ncc21. The van der Waals surface area contributed by atoms with Crippen LogP contribution < -0.4 is 10.6 Å². The molecule has 1 aliphatic carbocycles. The van der Waals surface area contributed by atoms with Crippen molar-refractivity contribution in [2.75, 3.05) is 6.54 Å². The molecule has 0 unspecified atom stereocenters. The molecular weight excluding hydrogens is 300 g/mol. The van der Waals surface area contributed by atoms with Gasteiger partial charge in [0.05, 0.1) is 6.04 Å². The number of carbonyl (C=O) groups is 1. The van der Waals surface area contributed by atoms with Crippen molar-refractivity contribution in [2.45, 2.75) is 45.1 Å². The molecule has 24 heavy (non-hydrogen) atoms. The van der Waals surface area contributed by atoms with Gasteiger partial charge in [0.15, 0.2) is 5.82 Å². The molecule has 0 aliphatic heterocycles. The number of amides is 2. The number of urea groups is 1. The van der Waals surface area contributed by atoms with Crippen LogP contribution >= 0.6 is 0 Å². The third-order valence-corrected chi connectivity index (χ3v) is 4.33. The zero-order chi connectivity index (χ0) is 16.8. The Kier molecular flexibility index (Phi) is 5.41. The van der Waals surface area contributed by atoms with Crippen LogP contribution in [0, 0.1) is 0 Å². The molecule has 3 rings (SSSR count). The maximum absolute atomic E-state index is 12.0. The summed E-state index contributed by atoms with van der Waals surface area (Å²) in [4.78, 5) is 21.3. The maximum atomic E-state index is 12.0. The van der Waals surface area contributed by atoms with Gasteiger partial charge in [-0.05, 0) is 25.7 Å². The third-order valence-electron chi connectivity index (χ3n) is 4.33. The first-order chi connectivity index (χ1) is 11.8. The summed E-state index contributed by atoms with van der Waals surface area (Å²) in [6, 6.07) is 9.89. The fraction of sp³-hybridized carbons (Fsp3) is 0.421. The summed E-state index contributed by atoms with van der Waals surface area (Å²) in [5, 5.41) is 5.97. The average Bonchev–Trinajstić information content (AvgIpc) is 2.62. The van der Waals surface area contributed by atoms with Crippen molar-refractivity contribution in [1.29, 1.82) is 0 Å². The minimum Gasteiger partial charge on any atom is -0.338 e. The maximum Gasteiger partial charge on any atom is 0.315 e. The summed E-state index contributed by atoms with van der Waals surface area (Å²) in [6.07, 6.45) is 6.84. The van der Waals surface area contributed by atoms with Gasteiger partial charge in [0.2, 0.25) is 0 Å². The molecule has 0 radical (unpaired) electrons. The van der Waals surface area contributed by atoms with E-state index >= 15 is 0 Å². The second kappa shape index (κ2) is 7.90. The van der Waals surface area contributed by atoms with Crippen molar-refractivity contribution >= 4 is 6.03 Å². The summed E-state index contributed by atoms with van der Waals surface area (Å²) in [5.41, 5.74) is 3.12. The van der Waals surface area contributed by atoms with Crippen LogP contribution in [0.4, 0.5) is 4.79 Å². The number of aromatic nitrogens is 2. The van der Waals surface area contributed by atoms with Crippen molar-refractivity contribution < 1.29 is 4.79 Å². The minimum atomic E-state index is -0.103. The largest absolute Gasteiger partial charge is 0.338 e. The number of fused-ring (bicyclic) bond motifs is 1. The summed E-state index contributed by atoms with van der Waals surface area (Å²) < 4.78 is 0. The Bertz CT molecular complexity index is 687. The molecule has 5 heteroatoms. The van der Waals surface area contributed by atoms with Crippen molar-refractivity contribution in [3.63, 3.8) is 0 Å². The van der Waals surface area contributed by atoms with E-state index in [1.54, 1.807) is 0 Å².